The lowest BCUT2D eigenvalue weighted by Gasteiger charge is -2.10. The molecule has 0 aliphatic heterocycles. The Bertz CT molecular complexity index is 875. The van der Waals surface area contributed by atoms with E-state index in [4.69, 9.17) is 5.11 Å². The monoisotopic (exact) mass is 336 g/mol. The number of aromatic carboxylic acids is 1. The molecule has 0 unspecified atom stereocenters. The summed E-state index contributed by atoms with van der Waals surface area (Å²) in [5.74, 6) is -1.12. The molecule has 2 N–H and O–H groups in total. The number of hydrogen-bond acceptors (Lipinski definition) is 5. The van der Waals surface area contributed by atoms with Crippen LogP contribution in [0.15, 0.2) is 47.4 Å². The van der Waals surface area contributed by atoms with Crippen LogP contribution in [0.4, 0.5) is 11.4 Å². The number of carboxylic acid groups (broad SMARTS) is 1. The molecule has 0 amide bonds. The Labute approximate surface area is 131 Å². The number of nitro groups is 1. The van der Waals surface area contributed by atoms with E-state index in [1.165, 1.54) is 37.3 Å². The molecule has 9 heteroatoms. The van der Waals surface area contributed by atoms with Gasteiger partial charge >= 0.3 is 5.97 Å². The van der Waals surface area contributed by atoms with Gasteiger partial charge in [-0.2, -0.15) is 0 Å². The first-order valence-electron chi connectivity index (χ1n) is 6.32. The number of nitrogens with zero attached hydrogens (tertiary/aromatic N) is 1. The molecule has 120 valence electrons. The van der Waals surface area contributed by atoms with Crippen molar-refractivity contribution in [3.8, 4) is 0 Å². The Morgan fingerprint density at radius 1 is 1.17 bits per heavy atom. The molecule has 2 rings (SSSR count). The molecule has 2 aromatic rings. The van der Waals surface area contributed by atoms with Gasteiger partial charge in [-0.3, -0.25) is 14.8 Å². The predicted molar refractivity (Wildman–Crippen MR) is 82.0 cm³/mol. The summed E-state index contributed by atoms with van der Waals surface area (Å²) < 4.78 is 26.9. The topological polar surface area (TPSA) is 127 Å². The highest BCUT2D eigenvalue weighted by Crippen LogP contribution is 2.23. The van der Waals surface area contributed by atoms with Crippen molar-refractivity contribution >= 4 is 27.4 Å². The number of hydrogen-bond donors (Lipinski definition) is 2. The van der Waals surface area contributed by atoms with Gasteiger partial charge in [0, 0.05) is 17.8 Å². The van der Waals surface area contributed by atoms with Crippen molar-refractivity contribution < 1.29 is 23.2 Å². The number of carboxylic acids is 1. The zero-order chi connectivity index (χ0) is 17.2. The van der Waals surface area contributed by atoms with E-state index in [1.807, 2.05) is 0 Å². The molecule has 0 saturated heterocycles. The summed E-state index contributed by atoms with van der Waals surface area (Å²) in [5.41, 5.74) is 0.244. The van der Waals surface area contributed by atoms with Crippen LogP contribution in [-0.4, -0.2) is 24.4 Å². The third-order valence-corrected chi connectivity index (χ3v) is 4.58. The maximum atomic E-state index is 12.3. The van der Waals surface area contributed by atoms with Crippen molar-refractivity contribution in [2.45, 2.75) is 11.8 Å². The van der Waals surface area contributed by atoms with E-state index in [2.05, 4.69) is 4.72 Å². The molecular weight excluding hydrogens is 324 g/mol. The van der Waals surface area contributed by atoms with E-state index < -0.39 is 20.9 Å². The van der Waals surface area contributed by atoms with Crippen LogP contribution in [0, 0.1) is 17.0 Å². The van der Waals surface area contributed by atoms with Crippen molar-refractivity contribution in [3.05, 3.63) is 63.7 Å². The maximum Gasteiger partial charge on any atom is 0.335 e. The van der Waals surface area contributed by atoms with Crippen LogP contribution in [0.1, 0.15) is 15.9 Å². The molecule has 0 radical (unpaired) electrons. The fraction of sp³-hybridized carbons (Fsp3) is 0.0714. The second-order valence-corrected chi connectivity index (χ2v) is 6.35. The zero-order valence-electron chi connectivity index (χ0n) is 11.9. The van der Waals surface area contributed by atoms with E-state index in [-0.39, 0.29) is 27.4 Å². The van der Waals surface area contributed by atoms with Crippen molar-refractivity contribution in [2.75, 3.05) is 4.72 Å². The van der Waals surface area contributed by atoms with Gasteiger partial charge in [0.2, 0.25) is 0 Å². The van der Waals surface area contributed by atoms with Crippen molar-refractivity contribution in [2.24, 2.45) is 0 Å². The molecule has 0 aromatic heterocycles. The Kier molecular flexibility index (Phi) is 4.32. The minimum absolute atomic E-state index is 0.0273. The summed E-state index contributed by atoms with van der Waals surface area (Å²) in [4.78, 5) is 20.7. The fourth-order valence-electron chi connectivity index (χ4n) is 1.94. The van der Waals surface area contributed by atoms with Gasteiger partial charge in [0.25, 0.3) is 15.7 Å². The Morgan fingerprint density at radius 3 is 2.26 bits per heavy atom. The van der Waals surface area contributed by atoms with Gasteiger partial charge in [-0.05, 0) is 42.8 Å². The number of benzene rings is 2. The van der Waals surface area contributed by atoms with Crippen LogP contribution in [0.25, 0.3) is 0 Å². The molecule has 0 fully saturated rings. The summed E-state index contributed by atoms with van der Waals surface area (Å²) in [6, 6.07) is 8.60. The van der Waals surface area contributed by atoms with Crippen molar-refractivity contribution in [1.82, 2.24) is 0 Å². The average Bonchev–Trinajstić information content (AvgIpc) is 2.46. The van der Waals surface area contributed by atoms with Gasteiger partial charge in [0.1, 0.15) is 0 Å². The molecular formula is C14H12N2O6S. The van der Waals surface area contributed by atoms with E-state index in [0.29, 0.717) is 0 Å². The van der Waals surface area contributed by atoms with E-state index >= 15 is 0 Å². The molecule has 2 aromatic carbocycles. The average molecular weight is 336 g/mol. The minimum Gasteiger partial charge on any atom is -0.478 e. The van der Waals surface area contributed by atoms with Crippen LogP contribution in [-0.2, 0) is 10.0 Å². The lowest BCUT2D eigenvalue weighted by Crippen LogP contribution is -2.14. The molecule has 0 saturated carbocycles. The molecule has 0 aliphatic carbocycles. The van der Waals surface area contributed by atoms with Crippen LogP contribution in [0.5, 0.6) is 0 Å². The highest BCUT2D eigenvalue weighted by Gasteiger charge is 2.19. The second kappa shape index (κ2) is 6.05. The Morgan fingerprint density at radius 2 is 1.78 bits per heavy atom. The van der Waals surface area contributed by atoms with Crippen LogP contribution in [0.3, 0.4) is 0 Å². The number of aryl methyl sites for hydroxylation is 1. The largest absolute Gasteiger partial charge is 0.478 e. The summed E-state index contributed by atoms with van der Waals surface area (Å²) in [6.45, 7) is 1.45. The molecule has 0 atom stereocenters. The van der Waals surface area contributed by atoms with Crippen LogP contribution in [0.2, 0.25) is 0 Å². The normalized spacial score (nSPS) is 11.0. The standard InChI is InChI=1S/C14H12N2O6S/c1-9-8-12(16(19)20)6-7-13(9)23(21,22)15-11-4-2-10(3-5-11)14(17)18/h2-8,15H,1H3,(H,17,18). The first-order valence-corrected chi connectivity index (χ1v) is 7.80. The van der Waals surface area contributed by atoms with Gasteiger partial charge < -0.3 is 5.11 Å². The van der Waals surface area contributed by atoms with Gasteiger partial charge in [-0.25, -0.2) is 13.2 Å². The van der Waals surface area contributed by atoms with E-state index in [0.717, 1.165) is 12.1 Å². The summed E-state index contributed by atoms with van der Waals surface area (Å²) in [6.07, 6.45) is 0. The Balaban J connectivity index is 2.31. The second-order valence-electron chi connectivity index (χ2n) is 4.69. The summed E-state index contributed by atoms with van der Waals surface area (Å²) in [5, 5.41) is 19.5. The number of carbonyl (C=O) groups is 1. The number of sulfonamides is 1. The molecule has 8 nitrogen and oxygen atoms in total. The molecule has 23 heavy (non-hydrogen) atoms. The first kappa shape index (κ1) is 16.4. The minimum atomic E-state index is -3.94. The number of non-ortho nitro benzene ring substituents is 1. The van der Waals surface area contributed by atoms with Gasteiger partial charge in [-0.15, -0.1) is 0 Å². The Hall–Kier alpha value is -2.94. The van der Waals surface area contributed by atoms with Gasteiger partial charge in [0.15, 0.2) is 0 Å². The summed E-state index contributed by atoms with van der Waals surface area (Å²) >= 11 is 0. The molecule has 0 aliphatic rings. The third kappa shape index (κ3) is 3.64. The smallest absolute Gasteiger partial charge is 0.335 e. The summed E-state index contributed by atoms with van der Waals surface area (Å²) in [7, 11) is -3.94. The molecule has 0 bridgehead atoms. The van der Waals surface area contributed by atoms with E-state index in [9.17, 15) is 23.3 Å². The number of nitro benzene ring substituents is 1. The highest BCUT2D eigenvalue weighted by molar-refractivity contribution is 7.92. The third-order valence-electron chi connectivity index (χ3n) is 3.04. The van der Waals surface area contributed by atoms with Gasteiger partial charge in [0.05, 0.1) is 15.4 Å². The van der Waals surface area contributed by atoms with Crippen molar-refractivity contribution in [1.29, 1.82) is 0 Å². The van der Waals surface area contributed by atoms with Crippen LogP contribution < -0.4 is 4.72 Å². The van der Waals surface area contributed by atoms with Crippen molar-refractivity contribution in [3.63, 3.8) is 0 Å². The lowest BCUT2D eigenvalue weighted by molar-refractivity contribution is -0.385. The molecule has 0 spiro atoms. The lowest BCUT2D eigenvalue weighted by atomic mass is 10.2. The molecule has 0 heterocycles. The maximum absolute atomic E-state index is 12.3. The number of rotatable bonds is 5. The first-order chi connectivity index (χ1) is 10.7. The quantitative estimate of drug-likeness (QED) is 0.637. The van der Waals surface area contributed by atoms with Gasteiger partial charge in [-0.1, -0.05) is 0 Å². The fourth-order valence-corrected chi connectivity index (χ4v) is 3.23. The number of nitrogens with one attached hydrogen (secondary N) is 1. The van der Waals surface area contributed by atoms with Crippen LogP contribution >= 0.6 is 0 Å². The van der Waals surface area contributed by atoms with E-state index in [1.54, 1.807) is 0 Å². The number of anilines is 1. The zero-order valence-corrected chi connectivity index (χ0v) is 12.7. The predicted octanol–water partition coefficient (Wildman–Crippen LogP) is 2.40. The highest BCUT2D eigenvalue weighted by atomic mass is 32.2. The SMILES string of the molecule is Cc1cc([N+](=O)[O-])ccc1S(=O)(=O)Nc1ccc(C(=O)O)cc1.